The van der Waals surface area contributed by atoms with Crippen LogP contribution in [0.1, 0.15) is 11.3 Å². The lowest BCUT2D eigenvalue weighted by atomic mass is 10.1. The van der Waals surface area contributed by atoms with Crippen molar-refractivity contribution in [1.82, 2.24) is 15.6 Å². The van der Waals surface area contributed by atoms with E-state index in [2.05, 4.69) is 20.6 Å². The number of hydrogen-bond donors (Lipinski definition) is 2. The van der Waals surface area contributed by atoms with Crippen molar-refractivity contribution in [3.05, 3.63) is 53.9 Å². The van der Waals surface area contributed by atoms with E-state index in [1.807, 2.05) is 36.4 Å². The largest absolute Gasteiger partial charge is 0.493 e. The number of rotatable bonds is 7. The van der Waals surface area contributed by atoms with Crippen LogP contribution in [0.5, 0.6) is 11.5 Å². The van der Waals surface area contributed by atoms with Crippen molar-refractivity contribution in [2.75, 3.05) is 27.8 Å². The first-order valence-corrected chi connectivity index (χ1v) is 7.82. The Morgan fingerprint density at radius 3 is 2.58 bits per heavy atom. The van der Waals surface area contributed by atoms with Crippen molar-refractivity contribution < 1.29 is 9.47 Å². The van der Waals surface area contributed by atoms with Gasteiger partial charge in [0.1, 0.15) is 0 Å². The number of benzene rings is 1. The number of nitrogens with zero attached hydrogens (tertiary/aromatic N) is 2. The normalized spacial score (nSPS) is 11.0. The van der Waals surface area contributed by atoms with Crippen LogP contribution in [0, 0.1) is 0 Å². The molecule has 24 heavy (non-hydrogen) atoms. The molecule has 0 amide bonds. The molecule has 0 bridgehead atoms. The van der Waals surface area contributed by atoms with Crippen molar-refractivity contribution in [2.24, 2.45) is 4.99 Å². The summed E-state index contributed by atoms with van der Waals surface area (Å²) in [6.07, 6.45) is 2.63. The van der Waals surface area contributed by atoms with Gasteiger partial charge in [-0.3, -0.25) is 9.98 Å². The fourth-order valence-corrected chi connectivity index (χ4v) is 2.26. The van der Waals surface area contributed by atoms with Gasteiger partial charge in [-0.1, -0.05) is 12.1 Å². The summed E-state index contributed by atoms with van der Waals surface area (Å²) in [5, 5.41) is 6.54. The van der Waals surface area contributed by atoms with E-state index < -0.39 is 0 Å². The summed E-state index contributed by atoms with van der Waals surface area (Å²) in [7, 11) is 5.03. The molecule has 2 rings (SSSR count). The van der Waals surface area contributed by atoms with E-state index in [0.717, 1.165) is 36.1 Å². The van der Waals surface area contributed by atoms with Crippen LogP contribution >= 0.6 is 0 Å². The Kier molecular flexibility index (Phi) is 6.89. The third-order valence-corrected chi connectivity index (χ3v) is 3.54. The Morgan fingerprint density at radius 2 is 1.92 bits per heavy atom. The average molecular weight is 328 g/mol. The zero-order valence-electron chi connectivity index (χ0n) is 14.4. The molecular weight excluding hydrogens is 304 g/mol. The molecule has 6 nitrogen and oxygen atoms in total. The second kappa shape index (κ2) is 9.39. The lowest BCUT2D eigenvalue weighted by molar-refractivity contribution is 0.354. The van der Waals surface area contributed by atoms with Gasteiger partial charge in [0.05, 0.1) is 26.5 Å². The fourth-order valence-electron chi connectivity index (χ4n) is 2.26. The first-order chi connectivity index (χ1) is 11.8. The number of pyridine rings is 1. The van der Waals surface area contributed by atoms with Crippen LogP contribution in [-0.2, 0) is 13.0 Å². The lowest BCUT2D eigenvalue weighted by Crippen LogP contribution is -2.38. The second-order valence-corrected chi connectivity index (χ2v) is 5.11. The van der Waals surface area contributed by atoms with Gasteiger partial charge in [0.2, 0.25) is 0 Å². The number of aromatic nitrogens is 1. The van der Waals surface area contributed by atoms with Gasteiger partial charge < -0.3 is 20.1 Å². The van der Waals surface area contributed by atoms with Crippen LogP contribution in [0.25, 0.3) is 0 Å². The van der Waals surface area contributed by atoms with E-state index in [-0.39, 0.29) is 0 Å². The Morgan fingerprint density at radius 1 is 1.08 bits per heavy atom. The Labute approximate surface area is 142 Å². The van der Waals surface area contributed by atoms with E-state index >= 15 is 0 Å². The first kappa shape index (κ1) is 17.6. The maximum atomic E-state index is 5.32. The minimum absolute atomic E-state index is 0.636. The van der Waals surface area contributed by atoms with E-state index in [4.69, 9.17) is 9.47 Å². The average Bonchev–Trinajstić information content (AvgIpc) is 2.65. The minimum atomic E-state index is 0.636. The van der Waals surface area contributed by atoms with Crippen LogP contribution in [0.4, 0.5) is 0 Å². The van der Waals surface area contributed by atoms with Crippen LogP contribution in [0.3, 0.4) is 0 Å². The van der Waals surface area contributed by atoms with Crippen molar-refractivity contribution in [1.29, 1.82) is 0 Å². The molecular formula is C18H24N4O2. The van der Waals surface area contributed by atoms with Crippen molar-refractivity contribution >= 4 is 5.96 Å². The summed E-state index contributed by atoms with van der Waals surface area (Å²) in [6, 6.07) is 11.8. The van der Waals surface area contributed by atoms with Crippen molar-refractivity contribution in [3.63, 3.8) is 0 Å². The number of nitrogens with one attached hydrogen (secondary N) is 2. The monoisotopic (exact) mass is 328 g/mol. The Balaban J connectivity index is 1.81. The molecule has 0 aliphatic rings. The summed E-state index contributed by atoms with van der Waals surface area (Å²) in [5.41, 5.74) is 2.14. The maximum absolute atomic E-state index is 5.32. The first-order valence-electron chi connectivity index (χ1n) is 7.82. The molecule has 0 fully saturated rings. The quantitative estimate of drug-likeness (QED) is 0.601. The maximum Gasteiger partial charge on any atom is 0.191 e. The predicted octanol–water partition coefficient (Wildman–Crippen LogP) is 2.01. The molecule has 0 saturated carbocycles. The number of aliphatic imine (C=N–C) groups is 1. The van der Waals surface area contributed by atoms with Gasteiger partial charge in [-0.15, -0.1) is 0 Å². The number of guanidine groups is 1. The molecule has 1 aromatic carbocycles. The molecule has 2 N–H and O–H groups in total. The van der Waals surface area contributed by atoms with Gasteiger partial charge in [0, 0.05) is 19.8 Å². The smallest absolute Gasteiger partial charge is 0.191 e. The van der Waals surface area contributed by atoms with E-state index in [1.54, 1.807) is 27.5 Å². The highest BCUT2D eigenvalue weighted by molar-refractivity contribution is 5.79. The Bertz CT molecular complexity index is 659. The number of hydrogen-bond acceptors (Lipinski definition) is 4. The van der Waals surface area contributed by atoms with E-state index in [0.29, 0.717) is 6.54 Å². The minimum Gasteiger partial charge on any atom is -0.493 e. The summed E-state index contributed by atoms with van der Waals surface area (Å²) < 4.78 is 10.6. The molecule has 0 atom stereocenters. The molecule has 128 valence electrons. The summed E-state index contributed by atoms with van der Waals surface area (Å²) in [5.74, 6) is 2.23. The van der Waals surface area contributed by atoms with Crippen LogP contribution in [0.15, 0.2) is 47.6 Å². The number of methoxy groups -OCH3 is 2. The van der Waals surface area contributed by atoms with Crippen molar-refractivity contribution in [2.45, 2.75) is 13.0 Å². The van der Waals surface area contributed by atoms with Gasteiger partial charge in [0.15, 0.2) is 17.5 Å². The molecule has 0 aliphatic carbocycles. The zero-order valence-corrected chi connectivity index (χ0v) is 14.4. The highest BCUT2D eigenvalue weighted by Gasteiger charge is 2.05. The van der Waals surface area contributed by atoms with E-state index in [1.165, 1.54) is 5.56 Å². The summed E-state index contributed by atoms with van der Waals surface area (Å²) in [4.78, 5) is 8.49. The lowest BCUT2D eigenvalue weighted by Gasteiger charge is -2.13. The van der Waals surface area contributed by atoms with Gasteiger partial charge in [-0.05, 0) is 36.2 Å². The van der Waals surface area contributed by atoms with Crippen LogP contribution in [-0.4, -0.2) is 38.8 Å². The Hall–Kier alpha value is -2.76. The molecule has 0 saturated heterocycles. The molecule has 0 unspecified atom stereocenters. The van der Waals surface area contributed by atoms with Gasteiger partial charge in [-0.2, -0.15) is 0 Å². The fraction of sp³-hybridized carbons (Fsp3) is 0.333. The third-order valence-electron chi connectivity index (χ3n) is 3.54. The molecule has 0 aliphatic heterocycles. The number of ether oxygens (including phenoxy) is 2. The molecule has 0 spiro atoms. The topological polar surface area (TPSA) is 67.8 Å². The van der Waals surface area contributed by atoms with Gasteiger partial charge in [0.25, 0.3) is 0 Å². The highest BCUT2D eigenvalue weighted by Crippen LogP contribution is 2.27. The SMILES string of the molecule is CN=C(NCCc1ccc(OC)c(OC)c1)NCc1ccccn1. The predicted molar refractivity (Wildman–Crippen MR) is 95.7 cm³/mol. The van der Waals surface area contributed by atoms with Crippen LogP contribution < -0.4 is 20.1 Å². The molecule has 0 radical (unpaired) electrons. The van der Waals surface area contributed by atoms with E-state index in [9.17, 15) is 0 Å². The van der Waals surface area contributed by atoms with Gasteiger partial charge >= 0.3 is 0 Å². The molecule has 6 heteroatoms. The van der Waals surface area contributed by atoms with Gasteiger partial charge in [-0.25, -0.2) is 0 Å². The zero-order chi connectivity index (χ0) is 17.2. The molecule has 2 aromatic rings. The summed E-state index contributed by atoms with van der Waals surface area (Å²) in [6.45, 7) is 1.40. The molecule has 1 aromatic heterocycles. The summed E-state index contributed by atoms with van der Waals surface area (Å²) >= 11 is 0. The second-order valence-electron chi connectivity index (χ2n) is 5.11. The molecule has 1 heterocycles. The third kappa shape index (κ3) is 5.15. The highest BCUT2D eigenvalue weighted by atomic mass is 16.5. The van der Waals surface area contributed by atoms with Crippen LogP contribution in [0.2, 0.25) is 0 Å². The standard InChI is InChI=1S/C18H24N4O2/c1-19-18(22-13-15-6-4-5-10-20-15)21-11-9-14-7-8-16(23-2)17(12-14)24-3/h4-8,10,12H,9,11,13H2,1-3H3,(H2,19,21,22). The van der Waals surface area contributed by atoms with Crippen molar-refractivity contribution in [3.8, 4) is 11.5 Å².